The van der Waals surface area contributed by atoms with Crippen molar-refractivity contribution in [2.24, 2.45) is 11.8 Å². The average Bonchev–Trinajstić information content (AvgIpc) is 2.53. The molecule has 0 radical (unpaired) electrons. The molecule has 116 valence electrons. The highest BCUT2D eigenvalue weighted by Crippen LogP contribution is 2.32. The van der Waals surface area contributed by atoms with Gasteiger partial charge in [0.1, 0.15) is 0 Å². The Kier molecular flexibility index (Phi) is 4.79. The van der Waals surface area contributed by atoms with Crippen LogP contribution in [0.4, 0.5) is 0 Å². The topological polar surface area (TPSA) is 44.9 Å². The molecule has 0 saturated heterocycles. The molecule has 1 aromatic rings. The number of hydrogen-bond acceptors (Lipinski definition) is 2. The van der Waals surface area contributed by atoms with Gasteiger partial charge < -0.3 is 10.3 Å². The van der Waals surface area contributed by atoms with Crippen molar-refractivity contribution < 1.29 is 0 Å². The molecule has 3 nitrogen and oxygen atoms in total. The van der Waals surface area contributed by atoms with Gasteiger partial charge in [0.25, 0.3) is 0 Å². The van der Waals surface area contributed by atoms with Crippen molar-refractivity contribution in [2.45, 2.75) is 64.3 Å². The second kappa shape index (κ2) is 6.78. The van der Waals surface area contributed by atoms with Crippen LogP contribution in [-0.2, 0) is 6.42 Å². The molecule has 0 spiro atoms. The number of aromatic amines is 1. The molecule has 0 amide bonds. The second-order valence-electron chi connectivity index (χ2n) is 6.90. The second-order valence-corrected chi connectivity index (χ2v) is 6.90. The third-order valence-electron chi connectivity index (χ3n) is 5.53. The van der Waals surface area contributed by atoms with Gasteiger partial charge in [0.2, 0.25) is 5.56 Å². The third kappa shape index (κ3) is 3.57. The highest BCUT2D eigenvalue weighted by molar-refractivity contribution is 5.26. The standard InChI is InChI=1S/C18H28N2O/c1-2-13-6-8-14(9-7-13)12-19-16-4-3-5-17-15(16)10-11-18(21)20-17/h10-11,13-14,16,19H,2-9,12H2,1H3,(H,20,21). The number of rotatable bonds is 4. The van der Waals surface area contributed by atoms with E-state index in [0.717, 1.165) is 30.5 Å². The first-order chi connectivity index (χ1) is 10.3. The Balaban J connectivity index is 1.56. The molecule has 2 aliphatic carbocycles. The van der Waals surface area contributed by atoms with Crippen LogP contribution in [0.2, 0.25) is 0 Å². The summed E-state index contributed by atoms with van der Waals surface area (Å²) in [7, 11) is 0. The summed E-state index contributed by atoms with van der Waals surface area (Å²) in [5, 5.41) is 3.78. The Morgan fingerprint density at radius 1 is 1.14 bits per heavy atom. The molecule has 3 heteroatoms. The van der Waals surface area contributed by atoms with Crippen LogP contribution in [0.3, 0.4) is 0 Å². The molecule has 2 aliphatic rings. The maximum Gasteiger partial charge on any atom is 0.248 e. The van der Waals surface area contributed by atoms with E-state index >= 15 is 0 Å². The van der Waals surface area contributed by atoms with Gasteiger partial charge in [0, 0.05) is 17.8 Å². The van der Waals surface area contributed by atoms with E-state index in [1.54, 1.807) is 6.07 Å². The Labute approximate surface area is 127 Å². The molecule has 1 saturated carbocycles. The minimum Gasteiger partial charge on any atom is -0.326 e. The van der Waals surface area contributed by atoms with Crippen molar-refractivity contribution in [3.05, 3.63) is 33.7 Å². The van der Waals surface area contributed by atoms with E-state index in [4.69, 9.17) is 0 Å². The van der Waals surface area contributed by atoms with Crippen LogP contribution in [0.25, 0.3) is 0 Å². The van der Waals surface area contributed by atoms with Gasteiger partial charge in [0.15, 0.2) is 0 Å². The van der Waals surface area contributed by atoms with Crippen molar-refractivity contribution in [1.29, 1.82) is 0 Å². The first kappa shape index (κ1) is 14.8. The fourth-order valence-corrected chi connectivity index (χ4v) is 4.07. The van der Waals surface area contributed by atoms with Crippen LogP contribution in [0.1, 0.15) is 69.2 Å². The molecule has 0 bridgehead atoms. The Bertz CT molecular complexity index is 514. The lowest BCUT2D eigenvalue weighted by molar-refractivity contribution is 0.253. The van der Waals surface area contributed by atoms with Crippen LogP contribution in [0.5, 0.6) is 0 Å². The molecule has 21 heavy (non-hydrogen) atoms. The van der Waals surface area contributed by atoms with E-state index in [-0.39, 0.29) is 5.56 Å². The summed E-state index contributed by atoms with van der Waals surface area (Å²) in [6.45, 7) is 3.46. The normalized spacial score (nSPS) is 29.1. The highest BCUT2D eigenvalue weighted by Gasteiger charge is 2.23. The van der Waals surface area contributed by atoms with Gasteiger partial charge >= 0.3 is 0 Å². The molecule has 0 aromatic carbocycles. The van der Waals surface area contributed by atoms with Crippen LogP contribution in [0, 0.1) is 11.8 Å². The maximum absolute atomic E-state index is 11.4. The summed E-state index contributed by atoms with van der Waals surface area (Å²) in [5.41, 5.74) is 2.51. The minimum absolute atomic E-state index is 0.0345. The third-order valence-corrected chi connectivity index (χ3v) is 5.53. The number of aromatic nitrogens is 1. The van der Waals surface area contributed by atoms with E-state index in [9.17, 15) is 4.79 Å². The lowest BCUT2D eigenvalue weighted by Crippen LogP contribution is -2.32. The summed E-state index contributed by atoms with van der Waals surface area (Å²) in [4.78, 5) is 14.5. The fraction of sp³-hybridized carbons (Fsp3) is 0.722. The van der Waals surface area contributed by atoms with E-state index in [1.807, 2.05) is 6.07 Å². The van der Waals surface area contributed by atoms with Gasteiger partial charge in [-0.25, -0.2) is 0 Å². The predicted octanol–water partition coefficient (Wildman–Crippen LogP) is 3.56. The van der Waals surface area contributed by atoms with E-state index in [0.29, 0.717) is 6.04 Å². The number of aryl methyl sites for hydroxylation is 1. The number of nitrogens with one attached hydrogen (secondary N) is 2. The molecule has 2 N–H and O–H groups in total. The van der Waals surface area contributed by atoms with Crippen LogP contribution in [0.15, 0.2) is 16.9 Å². The van der Waals surface area contributed by atoms with E-state index in [1.165, 1.54) is 50.5 Å². The number of fused-ring (bicyclic) bond motifs is 1. The van der Waals surface area contributed by atoms with Crippen molar-refractivity contribution in [1.82, 2.24) is 10.3 Å². The number of hydrogen-bond donors (Lipinski definition) is 2. The fourth-order valence-electron chi connectivity index (χ4n) is 4.07. The molecule has 1 aromatic heterocycles. The zero-order valence-electron chi connectivity index (χ0n) is 13.2. The van der Waals surface area contributed by atoms with Crippen LogP contribution < -0.4 is 10.9 Å². The number of pyridine rings is 1. The molecular formula is C18H28N2O. The largest absolute Gasteiger partial charge is 0.326 e. The lowest BCUT2D eigenvalue weighted by Gasteiger charge is -2.31. The smallest absolute Gasteiger partial charge is 0.248 e. The predicted molar refractivity (Wildman–Crippen MR) is 86.5 cm³/mol. The monoisotopic (exact) mass is 288 g/mol. The van der Waals surface area contributed by atoms with E-state index in [2.05, 4.69) is 17.2 Å². The lowest BCUT2D eigenvalue weighted by atomic mass is 9.80. The zero-order chi connectivity index (χ0) is 14.7. The van der Waals surface area contributed by atoms with E-state index < -0.39 is 0 Å². The van der Waals surface area contributed by atoms with Crippen LogP contribution >= 0.6 is 0 Å². The minimum atomic E-state index is 0.0345. The first-order valence-corrected chi connectivity index (χ1v) is 8.71. The van der Waals surface area contributed by atoms with Gasteiger partial charge in [-0.1, -0.05) is 32.3 Å². The first-order valence-electron chi connectivity index (χ1n) is 8.71. The maximum atomic E-state index is 11.4. The highest BCUT2D eigenvalue weighted by atomic mass is 16.1. The molecule has 1 atom stereocenters. The Morgan fingerprint density at radius 2 is 1.90 bits per heavy atom. The van der Waals surface area contributed by atoms with Crippen molar-refractivity contribution in [2.75, 3.05) is 6.54 Å². The summed E-state index contributed by atoms with van der Waals surface area (Å²) in [6, 6.07) is 4.14. The van der Waals surface area contributed by atoms with Crippen molar-refractivity contribution in [3.63, 3.8) is 0 Å². The van der Waals surface area contributed by atoms with Gasteiger partial charge in [-0.15, -0.1) is 0 Å². The van der Waals surface area contributed by atoms with Gasteiger partial charge in [-0.2, -0.15) is 0 Å². The summed E-state index contributed by atoms with van der Waals surface area (Å²) in [5.74, 6) is 1.82. The summed E-state index contributed by atoms with van der Waals surface area (Å²) >= 11 is 0. The van der Waals surface area contributed by atoms with Gasteiger partial charge in [0.05, 0.1) is 0 Å². The zero-order valence-corrected chi connectivity index (χ0v) is 13.2. The molecule has 3 rings (SSSR count). The SMILES string of the molecule is CCC1CCC(CNC2CCCc3[nH]c(=O)ccc32)CC1. The molecular weight excluding hydrogens is 260 g/mol. The van der Waals surface area contributed by atoms with Gasteiger partial charge in [-0.05, 0) is 56.0 Å². The van der Waals surface area contributed by atoms with Gasteiger partial charge in [-0.3, -0.25) is 4.79 Å². The summed E-state index contributed by atoms with van der Waals surface area (Å²) in [6.07, 6.45) is 10.3. The molecule has 1 heterocycles. The Morgan fingerprint density at radius 3 is 2.67 bits per heavy atom. The molecule has 1 fully saturated rings. The number of H-pyrrole nitrogens is 1. The molecule has 1 unspecified atom stereocenters. The quantitative estimate of drug-likeness (QED) is 0.890. The van der Waals surface area contributed by atoms with Crippen molar-refractivity contribution in [3.8, 4) is 0 Å². The summed E-state index contributed by atoms with van der Waals surface area (Å²) < 4.78 is 0. The average molecular weight is 288 g/mol. The molecule has 0 aliphatic heterocycles. The van der Waals surface area contributed by atoms with Crippen molar-refractivity contribution >= 4 is 0 Å². The Hall–Kier alpha value is -1.09. The van der Waals surface area contributed by atoms with Crippen LogP contribution in [-0.4, -0.2) is 11.5 Å².